The molecule has 0 amide bonds. The van der Waals surface area contributed by atoms with E-state index >= 15 is 0 Å². The second-order valence-corrected chi connectivity index (χ2v) is 6.90. The molecule has 2 aromatic heterocycles. The molecule has 0 bridgehead atoms. The minimum atomic E-state index is -0.385. The Hall–Kier alpha value is -3.02. The summed E-state index contributed by atoms with van der Waals surface area (Å²) >= 11 is 0. The van der Waals surface area contributed by atoms with Crippen LogP contribution in [0.5, 0.6) is 0 Å². The van der Waals surface area contributed by atoms with E-state index < -0.39 is 0 Å². The summed E-state index contributed by atoms with van der Waals surface area (Å²) in [5.41, 5.74) is 3.13. The third-order valence-corrected chi connectivity index (χ3v) is 4.97. The van der Waals surface area contributed by atoms with Crippen LogP contribution in [-0.4, -0.2) is 19.8 Å². The first-order valence-corrected chi connectivity index (χ1v) is 8.07. The van der Waals surface area contributed by atoms with Crippen LogP contribution in [0.4, 0.5) is 5.69 Å². The number of aryl methyl sites for hydroxylation is 1. The monoisotopic (exact) mass is 334 g/mol. The molecule has 0 saturated carbocycles. The summed E-state index contributed by atoms with van der Waals surface area (Å²) in [6.07, 6.45) is 1.69. The molecule has 1 aromatic carbocycles. The predicted octanol–water partition coefficient (Wildman–Crippen LogP) is 2.04. The highest BCUT2D eigenvalue weighted by molar-refractivity contribution is 6.13. The molecule has 0 unspecified atom stereocenters. The van der Waals surface area contributed by atoms with Crippen LogP contribution in [0.3, 0.4) is 0 Å². The molecule has 0 atom stereocenters. The van der Waals surface area contributed by atoms with Crippen LogP contribution in [0.2, 0.25) is 0 Å². The van der Waals surface area contributed by atoms with E-state index in [0.717, 1.165) is 27.1 Å². The maximum absolute atomic E-state index is 12.5. The van der Waals surface area contributed by atoms with Crippen molar-refractivity contribution in [2.45, 2.75) is 19.3 Å². The third kappa shape index (κ3) is 2.03. The van der Waals surface area contributed by atoms with Gasteiger partial charge in [-0.2, -0.15) is 0 Å². The standard InChI is InChI=1S/C19H18N4O2/c1-19(2)13-7-5-6-8-14(13)21-15(19)11-9-12-16(20-10-11)22(3)18(25)23(4)17(12)24/h5-10H,1-4H3. The highest BCUT2D eigenvalue weighted by Crippen LogP contribution is 2.41. The van der Waals surface area contributed by atoms with Crippen molar-refractivity contribution in [3.63, 3.8) is 0 Å². The van der Waals surface area contributed by atoms with Crippen LogP contribution in [-0.2, 0) is 19.5 Å². The van der Waals surface area contributed by atoms with Gasteiger partial charge in [-0.25, -0.2) is 9.78 Å². The summed E-state index contributed by atoms with van der Waals surface area (Å²) in [4.78, 5) is 33.7. The fraction of sp³-hybridized carbons (Fsp3) is 0.263. The van der Waals surface area contributed by atoms with Gasteiger partial charge in [0.05, 0.1) is 16.8 Å². The molecule has 6 heteroatoms. The van der Waals surface area contributed by atoms with Crippen molar-refractivity contribution >= 4 is 22.4 Å². The van der Waals surface area contributed by atoms with E-state index in [2.05, 4.69) is 24.9 Å². The molecule has 0 N–H and O–H groups in total. The highest BCUT2D eigenvalue weighted by atomic mass is 16.2. The van der Waals surface area contributed by atoms with Gasteiger partial charge >= 0.3 is 5.69 Å². The lowest BCUT2D eigenvalue weighted by molar-refractivity contribution is 0.707. The van der Waals surface area contributed by atoms with Crippen LogP contribution < -0.4 is 11.2 Å². The summed E-state index contributed by atoms with van der Waals surface area (Å²) in [6.45, 7) is 4.22. The van der Waals surface area contributed by atoms with Gasteiger partial charge in [0.25, 0.3) is 5.56 Å². The Morgan fingerprint density at radius 2 is 1.76 bits per heavy atom. The van der Waals surface area contributed by atoms with Crippen LogP contribution in [0.1, 0.15) is 25.0 Å². The molecule has 0 aliphatic carbocycles. The van der Waals surface area contributed by atoms with E-state index in [1.165, 1.54) is 11.6 Å². The van der Waals surface area contributed by atoms with E-state index in [1.807, 2.05) is 18.2 Å². The maximum Gasteiger partial charge on any atom is 0.332 e. The van der Waals surface area contributed by atoms with Crippen molar-refractivity contribution in [2.24, 2.45) is 19.1 Å². The Morgan fingerprint density at radius 3 is 2.48 bits per heavy atom. The Labute approximate surface area is 144 Å². The molecule has 1 aliphatic rings. The van der Waals surface area contributed by atoms with Crippen molar-refractivity contribution in [3.05, 3.63) is 68.5 Å². The number of benzene rings is 1. The van der Waals surface area contributed by atoms with Crippen molar-refractivity contribution in [1.29, 1.82) is 0 Å². The number of pyridine rings is 1. The highest BCUT2D eigenvalue weighted by Gasteiger charge is 2.35. The van der Waals surface area contributed by atoms with E-state index in [9.17, 15) is 9.59 Å². The number of fused-ring (bicyclic) bond motifs is 2. The Bertz CT molecular complexity index is 1180. The van der Waals surface area contributed by atoms with E-state index in [0.29, 0.717) is 11.0 Å². The van der Waals surface area contributed by atoms with Gasteiger partial charge in [-0.05, 0) is 17.7 Å². The molecule has 0 fully saturated rings. The average molecular weight is 334 g/mol. The Kier molecular flexibility index (Phi) is 3.09. The number of rotatable bonds is 1. The van der Waals surface area contributed by atoms with Gasteiger partial charge in [0.2, 0.25) is 0 Å². The number of hydrogen-bond acceptors (Lipinski definition) is 4. The van der Waals surface area contributed by atoms with E-state index in [4.69, 9.17) is 4.99 Å². The quantitative estimate of drug-likeness (QED) is 0.684. The van der Waals surface area contributed by atoms with Gasteiger partial charge in [0.1, 0.15) is 5.65 Å². The second kappa shape index (κ2) is 4.99. The molecule has 4 rings (SSSR count). The number of nitrogens with zero attached hydrogens (tertiary/aromatic N) is 4. The van der Waals surface area contributed by atoms with Crippen molar-refractivity contribution in [1.82, 2.24) is 14.1 Å². The van der Waals surface area contributed by atoms with Gasteiger partial charge in [-0.1, -0.05) is 32.0 Å². The summed E-state index contributed by atoms with van der Waals surface area (Å²) in [7, 11) is 3.09. The second-order valence-electron chi connectivity index (χ2n) is 6.90. The molecule has 0 radical (unpaired) electrons. The zero-order chi connectivity index (χ0) is 17.9. The van der Waals surface area contributed by atoms with E-state index in [1.54, 1.807) is 19.3 Å². The zero-order valence-corrected chi connectivity index (χ0v) is 14.6. The normalized spacial score (nSPS) is 15.3. The molecule has 3 aromatic rings. The molecule has 25 heavy (non-hydrogen) atoms. The minimum absolute atomic E-state index is 0.280. The van der Waals surface area contributed by atoms with Gasteiger partial charge in [-0.3, -0.25) is 18.9 Å². The predicted molar refractivity (Wildman–Crippen MR) is 97.9 cm³/mol. The molecule has 1 aliphatic heterocycles. The molecule has 6 nitrogen and oxygen atoms in total. The lowest BCUT2D eigenvalue weighted by atomic mass is 9.79. The number of para-hydroxylation sites is 1. The lowest BCUT2D eigenvalue weighted by Gasteiger charge is -2.22. The van der Waals surface area contributed by atoms with Crippen LogP contribution >= 0.6 is 0 Å². The van der Waals surface area contributed by atoms with Gasteiger partial charge in [-0.15, -0.1) is 0 Å². The number of aromatic nitrogens is 3. The first kappa shape index (κ1) is 15.5. The fourth-order valence-electron chi connectivity index (χ4n) is 3.51. The van der Waals surface area contributed by atoms with Crippen LogP contribution in [0.25, 0.3) is 11.0 Å². The molecular weight excluding hydrogens is 316 g/mol. The summed E-state index contributed by atoms with van der Waals surface area (Å²) in [6, 6.07) is 9.82. The van der Waals surface area contributed by atoms with Crippen molar-refractivity contribution in [2.75, 3.05) is 0 Å². The fourth-order valence-corrected chi connectivity index (χ4v) is 3.51. The summed E-state index contributed by atoms with van der Waals surface area (Å²) in [5.74, 6) is 0. The van der Waals surface area contributed by atoms with E-state index in [-0.39, 0.29) is 16.7 Å². The molecule has 0 spiro atoms. The van der Waals surface area contributed by atoms with Gasteiger partial charge < -0.3 is 0 Å². The topological polar surface area (TPSA) is 69.2 Å². The summed E-state index contributed by atoms with van der Waals surface area (Å²) < 4.78 is 2.49. The van der Waals surface area contributed by atoms with Crippen LogP contribution in [0.15, 0.2) is 51.1 Å². The maximum atomic E-state index is 12.5. The smallest absolute Gasteiger partial charge is 0.280 e. The number of hydrogen-bond donors (Lipinski definition) is 0. The SMILES string of the molecule is Cn1c(=O)c2cc(C3=Nc4ccccc4C3(C)C)cnc2n(C)c1=O. The van der Waals surface area contributed by atoms with Crippen molar-refractivity contribution in [3.8, 4) is 0 Å². The van der Waals surface area contributed by atoms with Gasteiger partial charge in [0.15, 0.2) is 0 Å². The molecule has 0 saturated heterocycles. The zero-order valence-electron chi connectivity index (χ0n) is 14.6. The molecule has 126 valence electrons. The first-order chi connectivity index (χ1) is 11.8. The number of aliphatic imine (C=N–C) groups is 1. The lowest BCUT2D eigenvalue weighted by Crippen LogP contribution is -2.37. The van der Waals surface area contributed by atoms with Crippen LogP contribution in [0, 0.1) is 0 Å². The molecular formula is C19H18N4O2. The Balaban J connectivity index is 1.99. The Morgan fingerprint density at radius 1 is 1.04 bits per heavy atom. The first-order valence-electron chi connectivity index (χ1n) is 8.07. The average Bonchev–Trinajstić information content (AvgIpc) is 2.89. The van der Waals surface area contributed by atoms with Gasteiger partial charge in [0, 0.05) is 31.3 Å². The molecule has 3 heterocycles. The third-order valence-electron chi connectivity index (χ3n) is 4.97. The summed E-state index contributed by atoms with van der Waals surface area (Å²) in [5, 5.41) is 0.413. The van der Waals surface area contributed by atoms with Crippen molar-refractivity contribution < 1.29 is 0 Å². The largest absolute Gasteiger partial charge is 0.332 e. The minimum Gasteiger partial charge on any atom is -0.280 e.